The summed E-state index contributed by atoms with van der Waals surface area (Å²) in [5.74, 6) is 0.0791. The average molecular weight is 270 g/mol. The summed E-state index contributed by atoms with van der Waals surface area (Å²) in [6.07, 6.45) is 0. The standard InChI is InChI=1S/C12H16BrNO/c1-8(2)14(10(4)15)12-6-5-11(13)7-9(12)3/h5-8H,1-4H3. The Morgan fingerprint density at radius 1 is 1.40 bits per heavy atom. The summed E-state index contributed by atoms with van der Waals surface area (Å²) in [6.45, 7) is 7.64. The maximum Gasteiger partial charge on any atom is 0.224 e. The van der Waals surface area contributed by atoms with E-state index in [0.717, 1.165) is 15.7 Å². The normalized spacial score (nSPS) is 10.5. The van der Waals surface area contributed by atoms with Gasteiger partial charge in [0.15, 0.2) is 0 Å². The van der Waals surface area contributed by atoms with Gasteiger partial charge in [-0.25, -0.2) is 0 Å². The van der Waals surface area contributed by atoms with Gasteiger partial charge in [-0.3, -0.25) is 4.79 Å². The smallest absolute Gasteiger partial charge is 0.224 e. The molecule has 0 unspecified atom stereocenters. The Balaban J connectivity index is 3.17. The third-order valence-electron chi connectivity index (χ3n) is 2.27. The van der Waals surface area contributed by atoms with Crippen molar-refractivity contribution in [2.75, 3.05) is 4.90 Å². The van der Waals surface area contributed by atoms with Gasteiger partial charge in [0, 0.05) is 23.1 Å². The molecule has 0 aliphatic rings. The molecule has 15 heavy (non-hydrogen) atoms. The van der Waals surface area contributed by atoms with E-state index in [1.165, 1.54) is 0 Å². The average Bonchev–Trinajstić information content (AvgIpc) is 2.08. The predicted octanol–water partition coefficient (Wildman–Crippen LogP) is 3.52. The van der Waals surface area contributed by atoms with Gasteiger partial charge in [-0.15, -0.1) is 0 Å². The van der Waals surface area contributed by atoms with Crippen molar-refractivity contribution in [2.45, 2.75) is 33.7 Å². The first-order valence-electron chi connectivity index (χ1n) is 4.99. The van der Waals surface area contributed by atoms with Crippen LogP contribution in [0.15, 0.2) is 22.7 Å². The fourth-order valence-corrected chi connectivity index (χ4v) is 2.18. The van der Waals surface area contributed by atoms with E-state index >= 15 is 0 Å². The molecule has 1 rings (SSSR count). The molecule has 1 aromatic rings. The second-order valence-corrected chi connectivity index (χ2v) is 4.83. The van der Waals surface area contributed by atoms with Crippen molar-refractivity contribution in [3.63, 3.8) is 0 Å². The minimum atomic E-state index is 0.0791. The molecule has 0 saturated heterocycles. The molecule has 0 atom stereocenters. The Morgan fingerprint density at radius 3 is 2.40 bits per heavy atom. The number of carbonyl (C=O) groups excluding carboxylic acids is 1. The maximum atomic E-state index is 11.5. The molecular weight excluding hydrogens is 254 g/mol. The Hall–Kier alpha value is -0.830. The Morgan fingerprint density at radius 2 is 2.00 bits per heavy atom. The molecule has 0 aliphatic carbocycles. The van der Waals surface area contributed by atoms with E-state index in [4.69, 9.17) is 0 Å². The number of halogens is 1. The van der Waals surface area contributed by atoms with Gasteiger partial charge in [0.05, 0.1) is 0 Å². The highest BCUT2D eigenvalue weighted by Gasteiger charge is 2.16. The molecule has 82 valence electrons. The van der Waals surface area contributed by atoms with Crippen LogP contribution in [0.2, 0.25) is 0 Å². The van der Waals surface area contributed by atoms with Crippen molar-refractivity contribution >= 4 is 27.5 Å². The molecule has 3 heteroatoms. The monoisotopic (exact) mass is 269 g/mol. The van der Waals surface area contributed by atoms with Crippen LogP contribution in [-0.4, -0.2) is 11.9 Å². The quantitative estimate of drug-likeness (QED) is 0.805. The lowest BCUT2D eigenvalue weighted by atomic mass is 10.1. The summed E-state index contributed by atoms with van der Waals surface area (Å²) in [5.41, 5.74) is 2.09. The second kappa shape index (κ2) is 4.79. The minimum absolute atomic E-state index is 0.0791. The van der Waals surface area contributed by atoms with Crippen molar-refractivity contribution < 1.29 is 4.79 Å². The fraction of sp³-hybridized carbons (Fsp3) is 0.417. The molecule has 2 nitrogen and oxygen atoms in total. The molecular formula is C12H16BrNO. The summed E-state index contributed by atoms with van der Waals surface area (Å²) in [6, 6.07) is 6.14. The zero-order valence-corrected chi connectivity index (χ0v) is 11.1. The van der Waals surface area contributed by atoms with Crippen LogP contribution in [-0.2, 0) is 4.79 Å². The number of hydrogen-bond acceptors (Lipinski definition) is 1. The summed E-state index contributed by atoms with van der Waals surface area (Å²) in [7, 11) is 0. The number of anilines is 1. The number of nitrogens with zero attached hydrogens (tertiary/aromatic N) is 1. The van der Waals surface area contributed by atoms with E-state index in [1.54, 1.807) is 6.92 Å². The third-order valence-corrected chi connectivity index (χ3v) is 2.77. The molecule has 0 fully saturated rings. The van der Waals surface area contributed by atoms with E-state index in [2.05, 4.69) is 15.9 Å². The zero-order valence-electron chi connectivity index (χ0n) is 9.54. The molecule has 0 aliphatic heterocycles. The number of aryl methyl sites for hydroxylation is 1. The number of rotatable bonds is 2. The first-order valence-corrected chi connectivity index (χ1v) is 5.78. The number of amides is 1. The highest BCUT2D eigenvalue weighted by Crippen LogP contribution is 2.25. The minimum Gasteiger partial charge on any atom is -0.310 e. The van der Waals surface area contributed by atoms with Crippen LogP contribution in [0, 0.1) is 6.92 Å². The highest BCUT2D eigenvalue weighted by atomic mass is 79.9. The molecule has 0 radical (unpaired) electrons. The molecule has 0 spiro atoms. The van der Waals surface area contributed by atoms with Gasteiger partial charge in [0.2, 0.25) is 5.91 Å². The lowest BCUT2D eigenvalue weighted by Gasteiger charge is -2.27. The maximum absolute atomic E-state index is 11.5. The molecule has 1 aromatic carbocycles. The molecule has 0 aromatic heterocycles. The summed E-state index contributed by atoms with van der Waals surface area (Å²) >= 11 is 3.42. The van der Waals surface area contributed by atoms with E-state index in [-0.39, 0.29) is 11.9 Å². The van der Waals surface area contributed by atoms with Gasteiger partial charge in [0.1, 0.15) is 0 Å². The number of hydrogen-bond donors (Lipinski definition) is 0. The van der Waals surface area contributed by atoms with E-state index in [1.807, 2.05) is 43.9 Å². The topological polar surface area (TPSA) is 20.3 Å². The number of benzene rings is 1. The SMILES string of the molecule is CC(=O)N(c1ccc(Br)cc1C)C(C)C. The van der Waals surface area contributed by atoms with Gasteiger partial charge < -0.3 is 4.90 Å². The van der Waals surface area contributed by atoms with Gasteiger partial charge in [0.25, 0.3) is 0 Å². The van der Waals surface area contributed by atoms with Crippen LogP contribution < -0.4 is 4.90 Å². The first-order chi connectivity index (χ1) is 6.93. The molecule has 0 bridgehead atoms. The van der Waals surface area contributed by atoms with Crippen LogP contribution in [0.1, 0.15) is 26.3 Å². The highest BCUT2D eigenvalue weighted by molar-refractivity contribution is 9.10. The summed E-state index contributed by atoms with van der Waals surface area (Å²) in [5, 5.41) is 0. The van der Waals surface area contributed by atoms with Crippen LogP contribution in [0.4, 0.5) is 5.69 Å². The Kier molecular flexibility index (Phi) is 3.91. The van der Waals surface area contributed by atoms with E-state index in [0.29, 0.717) is 0 Å². The Labute approximate surface area is 99.4 Å². The zero-order chi connectivity index (χ0) is 11.6. The molecule has 0 saturated carbocycles. The van der Waals surface area contributed by atoms with Gasteiger partial charge in [-0.1, -0.05) is 15.9 Å². The Bertz CT molecular complexity index is 374. The van der Waals surface area contributed by atoms with Gasteiger partial charge in [-0.05, 0) is 44.5 Å². The van der Waals surface area contributed by atoms with Crippen LogP contribution in [0.5, 0.6) is 0 Å². The molecule has 0 N–H and O–H groups in total. The largest absolute Gasteiger partial charge is 0.310 e. The van der Waals surface area contributed by atoms with Crippen molar-refractivity contribution in [2.24, 2.45) is 0 Å². The summed E-state index contributed by atoms with van der Waals surface area (Å²) < 4.78 is 1.04. The third kappa shape index (κ3) is 2.81. The molecule has 1 amide bonds. The predicted molar refractivity (Wildman–Crippen MR) is 67.2 cm³/mol. The van der Waals surface area contributed by atoms with Gasteiger partial charge >= 0.3 is 0 Å². The van der Waals surface area contributed by atoms with Crippen LogP contribution >= 0.6 is 15.9 Å². The van der Waals surface area contributed by atoms with Crippen molar-refractivity contribution in [1.29, 1.82) is 0 Å². The van der Waals surface area contributed by atoms with Crippen molar-refractivity contribution in [3.05, 3.63) is 28.2 Å². The molecule has 0 heterocycles. The lowest BCUT2D eigenvalue weighted by Crippen LogP contribution is -2.35. The number of carbonyl (C=O) groups is 1. The van der Waals surface area contributed by atoms with E-state index < -0.39 is 0 Å². The van der Waals surface area contributed by atoms with Crippen LogP contribution in [0.25, 0.3) is 0 Å². The second-order valence-electron chi connectivity index (χ2n) is 3.91. The van der Waals surface area contributed by atoms with Crippen molar-refractivity contribution in [1.82, 2.24) is 0 Å². The summed E-state index contributed by atoms with van der Waals surface area (Å²) in [4.78, 5) is 13.3. The van der Waals surface area contributed by atoms with Gasteiger partial charge in [-0.2, -0.15) is 0 Å². The lowest BCUT2D eigenvalue weighted by molar-refractivity contribution is -0.116. The first kappa shape index (κ1) is 12.2. The van der Waals surface area contributed by atoms with Crippen LogP contribution in [0.3, 0.4) is 0 Å². The van der Waals surface area contributed by atoms with E-state index in [9.17, 15) is 4.79 Å². The fourth-order valence-electron chi connectivity index (χ4n) is 1.70. The van der Waals surface area contributed by atoms with Crippen molar-refractivity contribution in [3.8, 4) is 0 Å².